The molecule has 4 aliphatic rings. The molecule has 59 heavy (non-hydrogen) atoms. The molecular weight excluding hydrogens is 747 g/mol. The second-order valence-electron chi connectivity index (χ2n) is 15.8. The zero-order valence-electron chi connectivity index (χ0n) is 33.6. The van der Waals surface area contributed by atoms with Gasteiger partial charge in [0.2, 0.25) is 17.7 Å². The Hall–Kier alpha value is -5.94. The average Bonchev–Trinajstić information content (AvgIpc) is 3.59. The van der Waals surface area contributed by atoms with Gasteiger partial charge in [0.1, 0.15) is 6.04 Å². The Balaban J connectivity index is 0.742. The highest BCUT2D eigenvalue weighted by Gasteiger charge is 2.39. The van der Waals surface area contributed by atoms with E-state index in [2.05, 4.69) is 47.5 Å². The molecule has 3 fully saturated rings. The molecule has 0 bridgehead atoms. The van der Waals surface area contributed by atoms with E-state index in [0.717, 1.165) is 120 Å². The van der Waals surface area contributed by atoms with Crippen LogP contribution >= 0.6 is 0 Å². The summed E-state index contributed by atoms with van der Waals surface area (Å²) in [6, 6.07) is 12.4. The number of carbonyl (C=O) groups is 5. The summed E-state index contributed by atoms with van der Waals surface area (Å²) in [4.78, 5) is 74.3. The number of pyridine rings is 1. The summed E-state index contributed by atoms with van der Waals surface area (Å²) >= 11 is 0. The Morgan fingerprint density at radius 3 is 2.53 bits per heavy atom. The molecule has 14 nitrogen and oxygen atoms in total. The molecule has 6 heterocycles. The lowest BCUT2D eigenvalue weighted by molar-refractivity contribution is -0.137. The second-order valence-corrected chi connectivity index (χ2v) is 15.8. The van der Waals surface area contributed by atoms with Crippen molar-refractivity contribution in [2.45, 2.75) is 76.8 Å². The van der Waals surface area contributed by atoms with Gasteiger partial charge in [-0.25, -0.2) is 0 Å². The SMILES string of the molecule is O=C(/C=C/c1cccnc1)NCCCCC1CCN(C(=O)c2ccc(N3CCN(CCCCC#Cc4ccc5c(c4)CN(C4CCC(=O)NC4=O)C5=O)CC3)nn2)CC1. The maximum atomic E-state index is 13.2. The van der Waals surface area contributed by atoms with Crippen molar-refractivity contribution < 1.29 is 24.0 Å². The van der Waals surface area contributed by atoms with Crippen molar-refractivity contribution in [2.24, 2.45) is 5.92 Å². The predicted octanol–water partition coefficient (Wildman–Crippen LogP) is 3.83. The van der Waals surface area contributed by atoms with Crippen LogP contribution < -0.4 is 15.5 Å². The van der Waals surface area contributed by atoms with E-state index in [1.54, 1.807) is 35.5 Å². The number of fused-ring (bicyclic) bond motifs is 1. The van der Waals surface area contributed by atoms with Crippen LogP contribution in [-0.2, 0) is 20.9 Å². The molecule has 7 rings (SSSR count). The molecule has 1 aromatic carbocycles. The van der Waals surface area contributed by atoms with Crippen LogP contribution in [0.4, 0.5) is 5.82 Å². The standard InChI is InChI=1S/C45H53N9O5/c55-41(17-12-35-10-7-21-46-31-35)47-22-5-4-8-33-19-24-53(25-20-33)45(59)38-14-16-40(50-49-38)52-28-26-51(27-29-52)23-6-2-1-3-9-34-11-13-37-36(30-34)32-54(44(37)58)39-15-18-42(56)48-43(39)57/h7,10-14,16-17,21,30-31,33,39H,1-2,4-6,8,15,18-20,22-29,32H2,(H,47,55)(H,48,56,57)/b17-12+. The zero-order valence-corrected chi connectivity index (χ0v) is 33.6. The number of nitrogens with one attached hydrogen (secondary N) is 2. The molecule has 2 aromatic heterocycles. The molecule has 1 unspecified atom stereocenters. The van der Waals surface area contributed by atoms with Crippen LogP contribution in [0, 0.1) is 17.8 Å². The summed E-state index contributed by atoms with van der Waals surface area (Å²) in [5.74, 6) is 6.88. The highest BCUT2D eigenvalue weighted by molar-refractivity contribution is 6.05. The van der Waals surface area contributed by atoms with Gasteiger partial charge < -0.3 is 20.0 Å². The minimum atomic E-state index is -0.618. The van der Waals surface area contributed by atoms with Gasteiger partial charge in [-0.05, 0) is 105 Å². The van der Waals surface area contributed by atoms with Crippen LogP contribution in [0.2, 0.25) is 0 Å². The van der Waals surface area contributed by atoms with Crippen molar-refractivity contribution in [3.05, 3.63) is 88.9 Å². The molecule has 308 valence electrons. The van der Waals surface area contributed by atoms with Gasteiger partial charge in [-0.15, -0.1) is 10.2 Å². The van der Waals surface area contributed by atoms with Gasteiger partial charge in [-0.3, -0.25) is 39.2 Å². The van der Waals surface area contributed by atoms with Gasteiger partial charge in [0, 0.05) is 94.8 Å². The van der Waals surface area contributed by atoms with E-state index in [9.17, 15) is 24.0 Å². The van der Waals surface area contributed by atoms with E-state index in [1.165, 1.54) is 0 Å². The predicted molar refractivity (Wildman–Crippen MR) is 223 cm³/mol. The first-order valence-corrected chi connectivity index (χ1v) is 21.0. The fourth-order valence-electron chi connectivity index (χ4n) is 8.24. The smallest absolute Gasteiger partial charge is 0.274 e. The van der Waals surface area contributed by atoms with E-state index in [4.69, 9.17) is 0 Å². The fraction of sp³-hybridized carbons (Fsp3) is 0.467. The highest BCUT2D eigenvalue weighted by Crippen LogP contribution is 2.28. The number of likely N-dealkylation sites (tertiary alicyclic amines) is 1. The number of benzene rings is 1. The Kier molecular flexibility index (Phi) is 14.1. The fourth-order valence-corrected chi connectivity index (χ4v) is 8.24. The summed E-state index contributed by atoms with van der Waals surface area (Å²) in [7, 11) is 0. The summed E-state index contributed by atoms with van der Waals surface area (Å²) in [6.07, 6.45) is 15.2. The second kappa shape index (κ2) is 20.2. The molecular formula is C45H53N9O5. The topological polar surface area (TPSA) is 161 Å². The number of hydrogen-bond donors (Lipinski definition) is 2. The molecule has 1 atom stereocenters. The molecule has 14 heteroatoms. The Bertz CT molecular complexity index is 2060. The molecule has 3 saturated heterocycles. The van der Waals surface area contributed by atoms with Crippen molar-refractivity contribution in [1.29, 1.82) is 0 Å². The Morgan fingerprint density at radius 2 is 1.76 bits per heavy atom. The number of amides is 5. The third-order valence-electron chi connectivity index (χ3n) is 11.7. The molecule has 0 saturated carbocycles. The Labute approximate surface area is 345 Å². The van der Waals surface area contributed by atoms with Crippen LogP contribution in [-0.4, -0.2) is 118 Å². The van der Waals surface area contributed by atoms with Crippen LogP contribution in [0.25, 0.3) is 6.08 Å². The van der Waals surface area contributed by atoms with Crippen molar-refractivity contribution in [3.8, 4) is 11.8 Å². The number of piperidine rings is 2. The number of carbonyl (C=O) groups excluding carboxylic acids is 5. The van der Waals surface area contributed by atoms with Gasteiger partial charge in [0.05, 0.1) is 0 Å². The van der Waals surface area contributed by atoms with Gasteiger partial charge in [0.25, 0.3) is 11.8 Å². The van der Waals surface area contributed by atoms with Gasteiger partial charge in [0.15, 0.2) is 11.5 Å². The van der Waals surface area contributed by atoms with Gasteiger partial charge >= 0.3 is 0 Å². The average molecular weight is 800 g/mol. The maximum Gasteiger partial charge on any atom is 0.274 e. The quantitative estimate of drug-likeness (QED) is 0.106. The third-order valence-corrected chi connectivity index (χ3v) is 11.7. The van der Waals surface area contributed by atoms with Crippen molar-refractivity contribution in [3.63, 3.8) is 0 Å². The number of rotatable bonds is 14. The maximum absolute atomic E-state index is 13.2. The lowest BCUT2D eigenvalue weighted by atomic mass is 9.91. The molecule has 0 spiro atoms. The number of aromatic nitrogens is 3. The Morgan fingerprint density at radius 1 is 0.915 bits per heavy atom. The van der Waals surface area contributed by atoms with E-state index >= 15 is 0 Å². The normalized spacial score (nSPS) is 18.7. The van der Waals surface area contributed by atoms with E-state index < -0.39 is 11.9 Å². The first kappa shape index (κ1) is 41.2. The summed E-state index contributed by atoms with van der Waals surface area (Å²) in [5.41, 5.74) is 3.60. The molecule has 0 aliphatic carbocycles. The third kappa shape index (κ3) is 11.2. The van der Waals surface area contributed by atoms with Crippen molar-refractivity contribution >= 4 is 41.4 Å². The van der Waals surface area contributed by atoms with Crippen molar-refractivity contribution in [1.82, 2.24) is 40.5 Å². The first-order valence-electron chi connectivity index (χ1n) is 21.0. The summed E-state index contributed by atoms with van der Waals surface area (Å²) in [6.45, 7) is 7.04. The summed E-state index contributed by atoms with van der Waals surface area (Å²) in [5, 5.41) is 14.1. The lowest BCUT2D eigenvalue weighted by Crippen LogP contribution is -2.52. The number of nitrogens with zero attached hydrogens (tertiary/aromatic N) is 7. The number of unbranched alkanes of at least 4 members (excludes halogenated alkanes) is 3. The van der Waals surface area contributed by atoms with Gasteiger partial charge in [-0.2, -0.15) is 0 Å². The molecule has 4 aliphatic heterocycles. The monoisotopic (exact) mass is 799 g/mol. The first-order chi connectivity index (χ1) is 28.8. The van der Waals surface area contributed by atoms with Crippen LogP contribution in [0.1, 0.15) is 102 Å². The highest BCUT2D eigenvalue weighted by atomic mass is 16.2. The molecule has 0 radical (unpaired) electrons. The molecule has 5 amide bonds. The number of hydrogen-bond acceptors (Lipinski definition) is 10. The van der Waals surface area contributed by atoms with Crippen LogP contribution in [0.3, 0.4) is 0 Å². The van der Waals surface area contributed by atoms with Crippen LogP contribution in [0.5, 0.6) is 0 Å². The summed E-state index contributed by atoms with van der Waals surface area (Å²) < 4.78 is 0. The molecule has 2 N–H and O–H groups in total. The largest absolute Gasteiger partial charge is 0.353 e. The van der Waals surface area contributed by atoms with Crippen molar-refractivity contribution in [2.75, 3.05) is 57.3 Å². The van der Waals surface area contributed by atoms with E-state index in [-0.39, 0.29) is 30.0 Å². The number of imide groups is 1. The minimum absolute atomic E-state index is 0.0544. The van der Waals surface area contributed by atoms with E-state index in [0.29, 0.717) is 36.7 Å². The van der Waals surface area contributed by atoms with E-state index in [1.807, 2.05) is 41.3 Å². The lowest BCUT2D eigenvalue weighted by Gasteiger charge is -2.35. The minimum Gasteiger partial charge on any atom is -0.353 e. The number of anilines is 1. The zero-order chi connectivity index (χ0) is 41.0. The van der Waals surface area contributed by atoms with Crippen LogP contribution in [0.15, 0.2) is 60.9 Å². The van der Waals surface area contributed by atoms with Gasteiger partial charge in [-0.1, -0.05) is 30.7 Å². The number of piperazine rings is 1. The molecule has 3 aromatic rings.